The predicted molar refractivity (Wildman–Crippen MR) is 141 cm³/mol. The van der Waals surface area contributed by atoms with Gasteiger partial charge in [0.1, 0.15) is 5.76 Å². The van der Waals surface area contributed by atoms with Gasteiger partial charge in [-0.1, -0.05) is 31.5 Å². The summed E-state index contributed by atoms with van der Waals surface area (Å²) in [5.41, 5.74) is 4.49. The SMILES string of the molecule is Cc1ccc(-c2nc(CN3CCC(C(=O)NCCCN4C[C@H](C)C[C@H](C)C4)CC3)c(C)o2)c(C)c1. The third kappa shape index (κ3) is 6.95. The van der Waals surface area contributed by atoms with E-state index in [9.17, 15) is 4.79 Å². The molecule has 6 heteroatoms. The Bertz CT molecular complexity index is 983. The first-order valence-corrected chi connectivity index (χ1v) is 13.5. The maximum Gasteiger partial charge on any atom is 0.226 e. The fraction of sp³-hybridized carbons (Fsp3) is 0.655. The van der Waals surface area contributed by atoms with Gasteiger partial charge in [-0.2, -0.15) is 0 Å². The first-order chi connectivity index (χ1) is 16.8. The number of aromatic nitrogens is 1. The van der Waals surface area contributed by atoms with Crippen LogP contribution in [0.1, 0.15) is 62.1 Å². The van der Waals surface area contributed by atoms with Crippen molar-refractivity contribution in [3.8, 4) is 11.5 Å². The zero-order valence-electron chi connectivity index (χ0n) is 22.4. The number of hydrogen-bond donors (Lipinski definition) is 1. The number of nitrogens with zero attached hydrogens (tertiary/aromatic N) is 3. The van der Waals surface area contributed by atoms with Crippen LogP contribution in [-0.2, 0) is 11.3 Å². The molecular weight excluding hydrogens is 436 g/mol. The van der Waals surface area contributed by atoms with E-state index in [4.69, 9.17) is 9.40 Å². The Kier molecular flexibility index (Phi) is 8.66. The van der Waals surface area contributed by atoms with Crippen molar-refractivity contribution in [2.75, 3.05) is 39.3 Å². The first-order valence-electron chi connectivity index (χ1n) is 13.5. The summed E-state index contributed by atoms with van der Waals surface area (Å²) in [5.74, 6) is 3.54. The van der Waals surface area contributed by atoms with Crippen molar-refractivity contribution < 1.29 is 9.21 Å². The third-order valence-corrected chi connectivity index (χ3v) is 7.73. The minimum atomic E-state index is 0.130. The highest BCUT2D eigenvalue weighted by atomic mass is 16.4. The Morgan fingerprint density at radius 1 is 1.09 bits per heavy atom. The summed E-state index contributed by atoms with van der Waals surface area (Å²) in [6.45, 7) is 17.8. The average Bonchev–Trinajstić information content (AvgIpc) is 3.16. The van der Waals surface area contributed by atoms with E-state index in [-0.39, 0.29) is 11.8 Å². The summed E-state index contributed by atoms with van der Waals surface area (Å²) in [7, 11) is 0. The van der Waals surface area contributed by atoms with E-state index in [1.807, 2.05) is 6.92 Å². The van der Waals surface area contributed by atoms with Crippen molar-refractivity contribution in [3.63, 3.8) is 0 Å². The standard InChI is InChI=1S/C29H44N4O2/c1-20-7-8-26(23(4)16-20)29-31-27(24(5)35-29)19-32-13-9-25(10-14-32)28(34)30-11-6-12-33-17-21(2)15-22(3)18-33/h7-8,16,21-22,25H,6,9-15,17-19H2,1-5H3,(H,30,34)/t21-,22+. The molecule has 4 rings (SSSR count). The molecule has 192 valence electrons. The number of hydrogen-bond acceptors (Lipinski definition) is 5. The molecule has 2 aliphatic rings. The second kappa shape index (κ2) is 11.7. The molecule has 2 saturated heterocycles. The number of carbonyl (C=O) groups is 1. The zero-order chi connectivity index (χ0) is 24.9. The van der Waals surface area contributed by atoms with Gasteiger partial charge in [0.05, 0.1) is 5.69 Å². The largest absolute Gasteiger partial charge is 0.441 e. The van der Waals surface area contributed by atoms with Gasteiger partial charge >= 0.3 is 0 Å². The van der Waals surface area contributed by atoms with E-state index in [0.29, 0.717) is 5.89 Å². The van der Waals surface area contributed by atoms with Crippen molar-refractivity contribution in [2.24, 2.45) is 17.8 Å². The average molecular weight is 481 g/mol. The molecule has 3 heterocycles. The van der Waals surface area contributed by atoms with E-state index >= 15 is 0 Å². The molecule has 1 aromatic carbocycles. The molecule has 0 unspecified atom stereocenters. The summed E-state index contributed by atoms with van der Waals surface area (Å²) in [6.07, 6.45) is 4.20. The summed E-state index contributed by atoms with van der Waals surface area (Å²) >= 11 is 0. The molecule has 1 N–H and O–H groups in total. The Labute approximate surface area is 211 Å². The van der Waals surface area contributed by atoms with Crippen molar-refractivity contribution in [1.82, 2.24) is 20.1 Å². The number of nitrogens with one attached hydrogen (secondary N) is 1. The van der Waals surface area contributed by atoms with Crippen molar-refractivity contribution in [1.29, 1.82) is 0 Å². The van der Waals surface area contributed by atoms with Gasteiger partial charge in [-0.15, -0.1) is 0 Å². The lowest BCUT2D eigenvalue weighted by molar-refractivity contribution is -0.126. The summed E-state index contributed by atoms with van der Waals surface area (Å²) in [6, 6.07) is 6.36. The molecule has 0 aliphatic carbocycles. The van der Waals surface area contributed by atoms with Gasteiger partial charge in [-0.05, 0) is 89.6 Å². The van der Waals surface area contributed by atoms with Crippen LogP contribution in [0.25, 0.3) is 11.5 Å². The minimum absolute atomic E-state index is 0.130. The van der Waals surface area contributed by atoms with Gasteiger partial charge in [0.25, 0.3) is 0 Å². The molecule has 1 aromatic heterocycles. The molecule has 0 bridgehead atoms. The molecular formula is C29H44N4O2. The molecule has 0 spiro atoms. The normalized spacial score (nSPS) is 22.4. The van der Waals surface area contributed by atoms with Crippen LogP contribution in [0.2, 0.25) is 0 Å². The molecule has 2 aliphatic heterocycles. The topological polar surface area (TPSA) is 61.6 Å². The molecule has 6 nitrogen and oxygen atoms in total. The Hall–Kier alpha value is -2.18. The van der Waals surface area contributed by atoms with Gasteiger partial charge in [-0.25, -0.2) is 4.98 Å². The molecule has 1 amide bonds. The van der Waals surface area contributed by atoms with E-state index in [1.54, 1.807) is 0 Å². The van der Waals surface area contributed by atoms with Crippen LogP contribution in [0, 0.1) is 38.5 Å². The second-order valence-electron chi connectivity index (χ2n) is 11.2. The third-order valence-electron chi connectivity index (χ3n) is 7.73. The zero-order valence-corrected chi connectivity index (χ0v) is 22.4. The fourth-order valence-electron chi connectivity index (χ4n) is 5.94. The van der Waals surface area contributed by atoms with Crippen LogP contribution >= 0.6 is 0 Å². The summed E-state index contributed by atoms with van der Waals surface area (Å²) in [4.78, 5) is 22.5. The molecule has 0 saturated carbocycles. The van der Waals surface area contributed by atoms with Crippen molar-refractivity contribution in [3.05, 3.63) is 40.8 Å². The van der Waals surface area contributed by atoms with Gasteiger partial charge < -0.3 is 14.6 Å². The maximum atomic E-state index is 12.7. The maximum absolute atomic E-state index is 12.7. The number of aryl methyl sites for hydroxylation is 3. The lowest BCUT2D eigenvalue weighted by Crippen LogP contribution is -2.42. The van der Waals surface area contributed by atoms with Gasteiger partial charge in [0.15, 0.2) is 0 Å². The quantitative estimate of drug-likeness (QED) is 0.541. The highest BCUT2D eigenvalue weighted by Gasteiger charge is 2.26. The Morgan fingerprint density at radius 2 is 1.80 bits per heavy atom. The predicted octanol–water partition coefficient (Wildman–Crippen LogP) is 4.96. The smallest absolute Gasteiger partial charge is 0.226 e. The number of likely N-dealkylation sites (tertiary alicyclic amines) is 2. The number of rotatable bonds is 8. The molecule has 0 radical (unpaired) electrons. The van der Waals surface area contributed by atoms with Crippen LogP contribution < -0.4 is 5.32 Å². The van der Waals surface area contributed by atoms with Crippen LogP contribution in [0.5, 0.6) is 0 Å². The highest BCUT2D eigenvalue weighted by Crippen LogP contribution is 2.27. The van der Waals surface area contributed by atoms with Crippen LogP contribution in [0.4, 0.5) is 0 Å². The van der Waals surface area contributed by atoms with Crippen LogP contribution in [0.3, 0.4) is 0 Å². The molecule has 2 atom stereocenters. The summed E-state index contributed by atoms with van der Waals surface area (Å²) < 4.78 is 6.03. The molecule has 2 fully saturated rings. The minimum Gasteiger partial charge on any atom is -0.441 e. The summed E-state index contributed by atoms with van der Waals surface area (Å²) in [5, 5.41) is 3.21. The Morgan fingerprint density at radius 3 is 2.49 bits per heavy atom. The van der Waals surface area contributed by atoms with Gasteiger partial charge in [-0.3, -0.25) is 9.69 Å². The lowest BCUT2D eigenvalue weighted by Gasteiger charge is -2.35. The van der Waals surface area contributed by atoms with E-state index < -0.39 is 0 Å². The second-order valence-corrected chi connectivity index (χ2v) is 11.2. The fourth-order valence-corrected chi connectivity index (χ4v) is 5.94. The number of piperidine rings is 2. The van der Waals surface area contributed by atoms with Crippen LogP contribution in [-0.4, -0.2) is 60.0 Å². The monoisotopic (exact) mass is 480 g/mol. The number of oxazole rings is 1. The highest BCUT2D eigenvalue weighted by molar-refractivity contribution is 5.78. The molecule has 35 heavy (non-hydrogen) atoms. The van der Waals surface area contributed by atoms with Gasteiger partial charge in [0, 0.05) is 37.7 Å². The van der Waals surface area contributed by atoms with Crippen molar-refractivity contribution >= 4 is 5.91 Å². The van der Waals surface area contributed by atoms with Crippen LogP contribution in [0.15, 0.2) is 22.6 Å². The van der Waals surface area contributed by atoms with Gasteiger partial charge in [0.2, 0.25) is 11.8 Å². The lowest BCUT2D eigenvalue weighted by atomic mass is 9.92. The number of amides is 1. The van der Waals surface area contributed by atoms with Crippen molar-refractivity contribution in [2.45, 2.75) is 66.8 Å². The number of carbonyl (C=O) groups excluding carboxylic acids is 1. The Balaban J connectivity index is 1.19. The van der Waals surface area contributed by atoms with E-state index in [2.05, 4.69) is 61.0 Å². The number of benzene rings is 1. The van der Waals surface area contributed by atoms with E-state index in [1.165, 1.54) is 30.6 Å². The van der Waals surface area contributed by atoms with E-state index in [0.717, 1.165) is 80.8 Å². The first kappa shape index (κ1) is 25.9. The molecule has 2 aromatic rings.